The molecule has 3 nitrogen and oxygen atoms in total. The van der Waals surface area contributed by atoms with Gasteiger partial charge < -0.3 is 4.90 Å². The van der Waals surface area contributed by atoms with Crippen LogP contribution in [0.3, 0.4) is 0 Å². The Balaban J connectivity index is 1.81. The highest BCUT2D eigenvalue weighted by Crippen LogP contribution is 2.32. The van der Waals surface area contributed by atoms with E-state index in [9.17, 15) is 4.79 Å². The maximum atomic E-state index is 11.3. The van der Waals surface area contributed by atoms with Crippen molar-refractivity contribution in [2.45, 2.75) is 32.4 Å². The highest BCUT2D eigenvalue weighted by molar-refractivity contribution is 7.09. The molecule has 0 amide bonds. The molecule has 0 radical (unpaired) electrons. The number of carbonyl (C=O) groups is 1. The number of nitrogens with zero attached hydrogens (tertiary/aromatic N) is 2. The van der Waals surface area contributed by atoms with E-state index in [-0.39, 0.29) is 5.78 Å². The minimum absolute atomic E-state index is 0.0651. The lowest BCUT2D eigenvalue weighted by molar-refractivity contribution is 0.101. The first-order valence-corrected chi connectivity index (χ1v) is 7.38. The number of ketones is 1. The van der Waals surface area contributed by atoms with Crippen molar-refractivity contribution < 1.29 is 4.79 Å². The molecule has 0 bridgehead atoms. The molecule has 1 saturated carbocycles. The third kappa shape index (κ3) is 2.84. The molecule has 2 aromatic heterocycles. The molecule has 0 saturated heterocycles. The van der Waals surface area contributed by atoms with Crippen molar-refractivity contribution in [3.8, 4) is 0 Å². The Hall–Kier alpha value is -1.68. The van der Waals surface area contributed by atoms with Crippen LogP contribution in [-0.4, -0.2) is 16.8 Å². The Labute approximate surface area is 116 Å². The lowest BCUT2D eigenvalue weighted by atomic mass is 10.2. The van der Waals surface area contributed by atoms with Crippen LogP contribution in [0.15, 0.2) is 35.8 Å². The van der Waals surface area contributed by atoms with Crippen molar-refractivity contribution in [2.75, 3.05) is 4.90 Å². The molecule has 1 aliphatic rings. The first-order chi connectivity index (χ1) is 9.24. The van der Waals surface area contributed by atoms with Gasteiger partial charge in [0.2, 0.25) is 0 Å². The summed E-state index contributed by atoms with van der Waals surface area (Å²) in [4.78, 5) is 19.4. The zero-order chi connectivity index (χ0) is 13.2. The molecule has 0 spiro atoms. The molecule has 0 aromatic carbocycles. The number of carbonyl (C=O) groups excluding carboxylic acids is 1. The van der Waals surface area contributed by atoms with E-state index in [0.717, 1.165) is 12.4 Å². The van der Waals surface area contributed by atoms with Crippen LogP contribution in [0.1, 0.15) is 35.0 Å². The summed E-state index contributed by atoms with van der Waals surface area (Å²) in [5.41, 5.74) is 0.677. The molecule has 0 aliphatic heterocycles. The Kier molecular flexibility index (Phi) is 3.34. The second kappa shape index (κ2) is 5.13. The minimum Gasteiger partial charge on any atom is -0.348 e. The molecule has 1 fully saturated rings. The molecular weight excluding hydrogens is 256 g/mol. The summed E-state index contributed by atoms with van der Waals surface area (Å²) in [6, 6.07) is 8.68. The summed E-state index contributed by atoms with van der Waals surface area (Å²) >= 11 is 1.78. The van der Waals surface area contributed by atoms with E-state index in [1.165, 1.54) is 17.7 Å². The topological polar surface area (TPSA) is 33.2 Å². The van der Waals surface area contributed by atoms with Crippen molar-refractivity contribution in [1.29, 1.82) is 0 Å². The zero-order valence-electron chi connectivity index (χ0n) is 10.9. The van der Waals surface area contributed by atoms with Gasteiger partial charge in [-0.2, -0.15) is 0 Å². The number of rotatable bonds is 5. The molecule has 0 N–H and O–H groups in total. The van der Waals surface area contributed by atoms with E-state index in [0.29, 0.717) is 11.6 Å². The van der Waals surface area contributed by atoms with Crippen LogP contribution in [0.4, 0.5) is 5.82 Å². The maximum Gasteiger partial charge on any atom is 0.161 e. The van der Waals surface area contributed by atoms with Gasteiger partial charge >= 0.3 is 0 Å². The Morgan fingerprint density at radius 2 is 2.26 bits per heavy atom. The second-order valence-corrected chi connectivity index (χ2v) is 5.93. The first kappa shape index (κ1) is 12.4. The van der Waals surface area contributed by atoms with Crippen molar-refractivity contribution in [3.05, 3.63) is 46.3 Å². The highest BCUT2D eigenvalue weighted by atomic mass is 32.1. The highest BCUT2D eigenvalue weighted by Gasteiger charge is 2.30. The summed E-state index contributed by atoms with van der Waals surface area (Å²) in [7, 11) is 0. The Morgan fingerprint density at radius 1 is 1.42 bits per heavy atom. The summed E-state index contributed by atoms with van der Waals surface area (Å²) in [5.74, 6) is 1.04. The smallest absolute Gasteiger partial charge is 0.161 e. The fraction of sp³-hybridized carbons (Fsp3) is 0.333. The number of aromatic nitrogens is 1. The molecule has 4 heteroatoms. The van der Waals surface area contributed by atoms with Crippen LogP contribution in [-0.2, 0) is 6.54 Å². The summed E-state index contributed by atoms with van der Waals surface area (Å²) < 4.78 is 0. The third-order valence-electron chi connectivity index (χ3n) is 3.34. The van der Waals surface area contributed by atoms with Crippen molar-refractivity contribution in [1.82, 2.24) is 4.98 Å². The average Bonchev–Trinajstić information content (AvgIpc) is 3.13. The second-order valence-electron chi connectivity index (χ2n) is 4.90. The standard InChI is InChI=1S/C15H16N2OS/c1-11(18)12-4-7-15(16-9-12)17(13-5-6-13)10-14-3-2-8-19-14/h2-4,7-9,13H,5-6,10H2,1H3. The number of hydrogen-bond donors (Lipinski definition) is 0. The minimum atomic E-state index is 0.0651. The summed E-state index contributed by atoms with van der Waals surface area (Å²) in [6.07, 6.45) is 4.16. The number of pyridine rings is 1. The zero-order valence-corrected chi connectivity index (χ0v) is 11.7. The Morgan fingerprint density at radius 3 is 2.79 bits per heavy atom. The van der Waals surface area contributed by atoms with E-state index in [2.05, 4.69) is 27.4 Å². The van der Waals surface area contributed by atoms with E-state index < -0.39 is 0 Å². The van der Waals surface area contributed by atoms with Crippen LogP contribution in [0, 0.1) is 0 Å². The van der Waals surface area contributed by atoms with Crippen molar-refractivity contribution >= 4 is 22.9 Å². The fourth-order valence-corrected chi connectivity index (χ4v) is 2.82. The molecule has 19 heavy (non-hydrogen) atoms. The lowest BCUT2D eigenvalue weighted by Crippen LogP contribution is -2.25. The monoisotopic (exact) mass is 272 g/mol. The van der Waals surface area contributed by atoms with Gasteiger partial charge in [0.25, 0.3) is 0 Å². The SMILES string of the molecule is CC(=O)c1ccc(N(Cc2cccs2)C2CC2)nc1. The lowest BCUT2D eigenvalue weighted by Gasteiger charge is -2.22. The van der Waals surface area contributed by atoms with Gasteiger partial charge in [-0.15, -0.1) is 11.3 Å². The molecule has 0 unspecified atom stereocenters. The van der Waals surface area contributed by atoms with Gasteiger partial charge in [-0.1, -0.05) is 6.07 Å². The van der Waals surface area contributed by atoms with Crippen LogP contribution in [0.2, 0.25) is 0 Å². The third-order valence-corrected chi connectivity index (χ3v) is 4.20. The predicted molar refractivity (Wildman–Crippen MR) is 77.8 cm³/mol. The van der Waals surface area contributed by atoms with Crippen LogP contribution in [0.25, 0.3) is 0 Å². The normalized spacial score (nSPS) is 14.4. The summed E-state index contributed by atoms with van der Waals surface area (Å²) in [5, 5.41) is 2.10. The van der Waals surface area contributed by atoms with Gasteiger partial charge in [-0.05, 0) is 43.3 Å². The van der Waals surface area contributed by atoms with Gasteiger partial charge in [0.1, 0.15) is 5.82 Å². The predicted octanol–water partition coefficient (Wildman–Crippen LogP) is 3.51. The largest absolute Gasteiger partial charge is 0.348 e. The molecule has 3 rings (SSSR count). The van der Waals surface area contributed by atoms with Crippen molar-refractivity contribution in [2.24, 2.45) is 0 Å². The molecule has 98 valence electrons. The number of thiophene rings is 1. The van der Waals surface area contributed by atoms with Crippen LogP contribution in [0.5, 0.6) is 0 Å². The van der Waals surface area contributed by atoms with Gasteiger partial charge in [0.15, 0.2) is 5.78 Å². The molecule has 1 aliphatic carbocycles. The van der Waals surface area contributed by atoms with E-state index in [1.54, 1.807) is 24.5 Å². The molecule has 0 atom stereocenters. The van der Waals surface area contributed by atoms with Crippen molar-refractivity contribution in [3.63, 3.8) is 0 Å². The number of anilines is 1. The maximum absolute atomic E-state index is 11.3. The number of Topliss-reactive ketones (excluding diaryl/α,β-unsaturated/α-hetero) is 1. The van der Waals surface area contributed by atoms with Crippen LogP contribution < -0.4 is 4.90 Å². The van der Waals surface area contributed by atoms with Gasteiger partial charge in [-0.25, -0.2) is 4.98 Å². The average molecular weight is 272 g/mol. The summed E-state index contributed by atoms with van der Waals surface area (Å²) in [6.45, 7) is 2.48. The molecule has 2 heterocycles. The van der Waals surface area contributed by atoms with Gasteiger partial charge in [0, 0.05) is 22.7 Å². The fourth-order valence-electron chi connectivity index (χ4n) is 2.12. The Bertz CT molecular complexity index is 558. The number of hydrogen-bond acceptors (Lipinski definition) is 4. The first-order valence-electron chi connectivity index (χ1n) is 6.50. The molecule has 2 aromatic rings. The quantitative estimate of drug-likeness (QED) is 0.781. The van der Waals surface area contributed by atoms with Gasteiger partial charge in [-0.3, -0.25) is 4.79 Å². The molecular formula is C15H16N2OS. The van der Waals surface area contributed by atoms with E-state index >= 15 is 0 Å². The van der Waals surface area contributed by atoms with Crippen LogP contribution >= 0.6 is 11.3 Å². The van der Waals surface area contributed by atoms with E-state index in [4.69, 9.17) is 0 Å². The van der Waals surface area contributed by atoms with E-state index in [1.807, 2.05) is 12.1 Å². The van der Waals surface area contributed by atoms with Gasteiger partial charge in [0.05, 0.1) is 6.54 Å².